The first-order valence-corrected chi connectivity index (χ1v) is 5.96. The molecule has 0 radical (unpaired) electrons. The number of carboxylic acid groups (broad SMARTS) is 1. The maximum Gasteiger partial charge on any atom is 0.334 e. The minimum Gasteiger partial charge on any atom is -0.479 e. The lowest BCUT2D eigenvalue weighted by atomic mass is 10.0. The molecule has 2 aliphatic rings. The second kappa shape index (κ2) is 4.52. The minimum absolute atomic E-state index is 0.266. The van der Waals surface area contributed by atoms with Crippen LogP contribution in [-0.4, -0.2) is 41.4 Å². The fraction of sp³-hybridized carbons (Fsp3) is 0.818. The zero-order chi connectivity index (χ0) is 12.5. The first kappa shape index (κ1) is 12.2. The summed E-state index contributed by atoms with van der Waals surface area (Å²) >= 11 is 0. The highest BCUT2D eigenvalue weighted by Gasteiger charge is 2.53. The maximum absolute atomic E-state index is 11.4. The van der Waals surface area contributed by atoms with Gasteiger partial charge in [0, 0.05) is 6.54 Å². The van der Waals surface area contributed by atoms with Gasteiger partial charge in [0.05, 0.1) is 6.54 Å². The van der Waals surface area contributed by atoms with Crippen molar-refractivity contribution in [3.05, 3.63) is 0 Å². The third-order valence-electron chi connectivity index (χ3n) is 3.68. The molecule has 0 aliphatic heterocycles. The van der Waals surface area contributed by atoms with Crippen LogP contribution in [0.15, 0.2) is 0 Å². The van der Waals surface area contributed by atoms with Crippen LogP contribution in [0.4, 0.5) is 4.79 Å². The van der Waals surface area contributed by atoms with Gasteiger partial charge in [-0.05, 0) is 37.0 Å². The van der Waals surface area contributed by atoms with Crippen molar-refractivity contribution in [2.24, 2.45) is 11.3 Å². The Bertz CT molecular complexity index is 323. The number of rotatable bonds is 6. The maximum atomic E-state index is 11.4. The standard InChI is InChI=1S/C11H18N2O4/c14-8(9(15)16)5-12-10(17)13-6-11(3-4-11)7-1-2-7/h7-8,14H,1-6H2,(H,15,16)(H2,12,13,17)/t8-/m0/s1. The molecule has 96 valence electrons. The van der Waals surface area contributed by atoms with E-state index in [1.165, 1.54) is 25.7 Å². The molecule has 0 bridgehead atoms. The number of aliphatic hydroxyl groups is 1. The van der Waals surface area contributed by atoms with Crippen molar-refractivity contribution in [1.29, 1.82) is 0 Å². The number of urea groups is 1. The number of hydrogen-bond acceptors (Lipinski definition) is 3. The predicted molar refractivity (Wildman–Crippen MR) is 59.4 cm³/mol. The Balaban J connectivity index is 1.62. The van der Waals surface area contributed by atoms with Crippen LogP contribution in [-0.2, 0) is 4.79 Å². The van der Waals surface area contributed by atoms with E-state index in [2.05, 4.69) is 10.6 Å². The molecule has 2 aliphatic carbocycles. The van der Waals surface area contributed by atoms with Gasteiger partial charge in [0.15, 0.2) is 6.10 Å². The Morgan fingerprint density at radius 1 is 1.29 bits per heavy atom. The van der Waals surface area contributed by atoms with Crippen LogP contribution in [0.2, 0.25) is 0 Å². The van der Waals surface area contributed by atoms with Crippen molar-refractivity contribution < 1.29 is 19.8 Å². The van der Waals surface area contributed by atoms with Gasteiger partial charge in [-0.3, -0.25) is 0 Å². The quantitative estimate of drug-likeness (QED) is 0.523. The van der Waals surface area contributed by atoms with E-state index in [4.69, 9.17) is 10.2 Å². The zero-order valence-electron chi connectivity index (χ0n) is 9.61. The molecule has 0 aromatic carbocycles. The molecule has 2 rings (SSSR count). The van der Waals surface area contributed by atoms with E-state index in [0.717, 1.165) is 5.92 Å². The molecule has 0 saturated heterocycles. The second-order valence-corrected chi connectivity index (χ2v) is 5.05. The van der Waals surface area contributed by atoms with Gasteiger partial charge in [0.25, 0.3) is 0 Å². The third-order valence-corrected chi connectivity index (χ3v) is 3.68. The van der Waals surface area contributed by atoms with Gasteiger partial charge < -0.3 is 20.8 Å². The van der Waals surface area contributed by atoms with Crippen LogP contribution in [0.3, 0.4) is 0 Å². The summed E-state index contributed by atoms with van der Waals surface area (Å²) in [4.78, 5) is 21.7. The van der Waals surface area contributed by atoms with Gasteiger partial charge in [-0.2, -0.15) is 0 Å². The highest BCUT2D eigenvalue weighted by molar-refractivity contribution is 5.76. The van der Waals surface area contributed by atoms with E-state index in [1.807, 2.05) is 0 Å². The van der Waals surface area contributed by atoms with Gasteiger partial charge in [-0.25, -0.2) is 9.59 Å². The van der Waals surface area contributed by atoms with Crippen molar-refractivity contribution in [1.82, 2.24) is 10.6 Å². The van der Waals surface area contributed by atoms with Gasteiger partial charge in [-0.15, -0.1) is 0 Å². The smallest absolute Gasteiger partial charge is 0.334 e. The molecule has 2 fully saturated rings. The van der Waals surface area contributed by atoms with E-state index in [-0.39, 0.29) is 6.54 Å². The molecular weight excluding hydrogens is 224 g/mol. The van der Waals surface area contributed by atoms with Gasteiger partial charge in [0.2, 0.25) is 0 Å². The lowest BCUT2D eigenvalue weighted by molar-refractivity contribution is -0.146. The van der Waals surface area contributed by atoms with E-state index < -0.39 is 18.1 Å². The molecule has 0 aromatic heterocycles. The lowest BCUT2D eigenvalue weighted by Crippen LogP contribution is -2.43. The Hall–Kier alpha value is -1.30. The summed E-state index contributed by atoms with van der Waals surface area (Å²) in [5, 5.41) is 22.5. The summed E-state index contributed by atoms with van der Waals surface area (Å²) in [5.41, 5.74) is 0.322. The highest BCUT2D eigenvalue weighted by atomic mass is 16.4. The van der Waals surface area contributed by atoms with Crippen molar-refractivity contribution in [2.45, 2.75) is 31.8 Å². The Morgan fingerprint density at radius 3 is 2.41 bits per heavy atom. The summed E-state index contributed by atoms with van der Waals surface area (Å²) < 4.78 is 0. The number of aliphatic hydroxyl groups excluding tert-OH is 1. The summed E-state index contributed by atoms with van der Waals surface area (Å²) in [6, 6.07) is -0.405. The predicted octanol–water partition coefficient (Wildman–Crippen LogP) is -0.0787. The number of carbonyl (C=O) groups excluding carboxylic acids is 1. The topological polar surface area (TPSA) is 98.7 Å². The Morgan fingerprint density at radius 2 is 1.94 bits per heavy atom. The van der Waals surface area contributed by atoms with E-state index in [1.54, 1.807) is 0 Å². The molecule has 6 heteroatoms. The molecule has 17 heavy (non-hydrogen) atoms. The molecule has 4 N–H and O–H groups in total. The molecule has 0 spiro atoms. The van der Waals surface area contributed by atoms with Crippen molar-refractivity contribution in [3.8, 4) is 0 Å². The van der Waals surface area contributed by atoms with Gasteiger partial charge in [-0.1, -0.05) is 0 Å². The fourth-order valence-electron chi connectivity index (χ4n) is 2.18. The number of carboxylic acids is 1. The molecule has 2 amide bonds. The summed E-state index contributed by atoms with van der Waals surface area (Å²) in [5.74, 6) is -0.561. The first-order chi connectivity index (χ1) is 8.03. The number of aliphatic carboxylic acids is 1. The van der Waals surface area contributed by atoms with Crippen LogP contribution >= 0.6 is 0 Å². The lowest BCUT2D eigenvalue weighted by Gasteiger charge is -2.15. The van der Waals surface area contributed by atoms with Gasteiger partial charge in [0.1, 0.15) is 0 Å². The SMILES string of the molecule is O=C(NC[C@H](O)C(=O)O)NCC1(C2CC2)CC1. The zero-order valence-corrected chi connectivity index (χ0v) is 9.61. The molecule has 0 aromatic rings. The molecule has 0 unspecified atom stereocenters. The number of carbonyl (C=O) groups is 2. The monoisotopic (exact) mass is 242 g/mol. The average Bonchev–Trinajstić information content (AvgIpc) is 3.15. The van der Waals surface area contributed by atoms with Crippen LogP contribution in [0, 0.1) is 11.3 Å². The van der Waals surface area contributed by atoms with E-state index in [9.17, 15) is 9.59 Å². The summed E-state index contributed by atoms with van der Waals surface area (Å²) in [6.45, 7) is 0.393. The largest absolute Gasteiger partial charge is 0.479 e. The van der Waals surface area contributed by atoms with Crippen LogP contribution < -0.4 is 10.6 Å². The van der Waals surface area contributed by atoms with E-state index >= 15 is 0 Å². The number of nitrogens with one attached hydrogen (secondary N) is 2. The molecule has 2 saturated carbocycles. The first-order valence-electron chi connectivity index (χ1n) is 5.96. The molecular formula is C11H18N2O4. The van der Waals surface area contributed by atoms with Crippen molar-refractivity contribution in [3.63, 3.8) is 0 Å². The Kier molecular flexibility index (Phi) is 3.24. The van der Waals surface area contributed by atoms with Crippen molar-refractivity contribution >= 4 is 12.0 Å². The molecule has 1 atom stereocenters. The third kappa shape index (κ3) is 3.09. The summed E-state index contributed by atoms with van der Waals surface area (Å²) in [6.07, 6.45) is 3.34. The average molecular weight is 242 g/mol. The van der Waals surface area contributed by atoms with E-state index in [0.29, 0.717) is 12.0 Å². The Labute approximate surface area is 99.4 Å². The van der Waals surface area contributed by atoms with Crippen LogP contribution in [0.1, 0.15) is 25.7 Å². The highest BCUT2D eigenvalue weighted by Crippen LogP contribution is 2.60. The van der Waals surface area contributed by atoms with Crippen molar-refractivity contribution in [2.75, 3.05) is 13.1 Å². The fourth-order valence-corrected chi connectivity index (χ4v) is 2.18. The van der Waals surface area contributed by atoms with Gasteiger partial charge >= 0.3 is 12.0 Å². The van der Waals surface area contributed by atoms with Crippen LogP contribution in [0.25, 0.3) is 0 Å². The summed E-state index contributed by atoms with van der Waals surface area (Å²) in [7, 11) is 0. The second-order valence-electron chi connectivity index (χ2n) is 5.05. The van der Waals surface area contributed by atoms with Crippen LogP contribution in [0.5, 0.6) is 0 Å². The normalized spacial score (nSPS) is 22.6. The molecule has 6 nitrogen and oxygen atoms in total. The number of hydrogen-bond donors (Lipinski definition) is 4. The minimum atomic E-state index is -1.54. The number of amides is 2. The molecule has 0 heterocycles.